The van der Waals surface area contributed by atoms with Crippen molar-refractivity contribution in [1.82, 2.24) is 10.2 Å². The Morgan fingerprint density at radius 3 is 2.57 bits per heavy atom. The van der Waals surface area contributed by atoms with E-state index in [1.54, 1.807) is 20.8 Å². The van der Waals surface area contributed by atoms with Gasteiger partial charge in [-0.3, -0.25) is 4.79 Å². The normalized spacial score (nSPS) is 20.0. The van der Waals surface area contributed by atoms with Crippen molar-refractivity contribution in [3.05, 3.63) is 0 Å². The predicted octanol–water partition coefficient (Wildman–Crippen LogP) is 1.08. The molecule has 7 heteroatoms. The van der Waals surface area contributed by atoms with Crippen LogP contribution in [0, 0.1) is 11.8 Å². The Morgan fingerprint density at radius 2 is 2.05 bits per heavy atom. The number of hydrogen-bond acceptors (Lipinski definition) is 4. The number of carboxylic acids is 1. The minimum Gasteiger partial charge on any atom is -0.480 e. The van der Waals surface area contributed by atoms with Crippen LogP contribution in [0.5, 0.6) is 0 Å². The molecule has 1 aliphatic heterocycles. The molecular weight excluding hydrogens is 276 g/mol. The van der Waals surface area contributed by atoms with E-state index in [9.17, 15) is 14.4 Å². The van der Waals surface area contributed by atoms with Crippen LogP contribution in [-0.4, -0.2) is 53.7 Å². The van der Waals surface area contributed by atoms with Crippen LogP contribution in [0.4, 0.5) is 4.79 Å². The highest BCUT2D eigenvalue weighted by molar-refractivity contribution is 5.83. The van der Waals surface area contributed by atoms with Gasteiger partial charge in [0, 0.05) is 13.1 Å². The number of ether oxygens (including phenoxy) is 1. The Hall–Kier alpha value is -1.79. The number of amides is 2. The molecule has 0 aliphatic carbocycles. The van der Waals surface area contributed by atoms with Crippen LogP contribution in [-0.2, 0) is 14.3 Å². The van der Waals surface area contributed by atoms with Gasteiger partial charge in [0.05, 0.1) is 12.5 Å². The van der Waals surface area contributed by atoms with E-state index in [2.05, 4.69) is 5.32 Å². The largest absolute Gasteiger partial charge is 0.480 e. The van der Waals surface area contributed by atoms with E-state index in [0.29, 0.717) is 26.0 Å². The van der Waals surface area contributed by atoms with Gasteiger partial charge in [0.25, 0.3) is 0 Å². The molecule has 1 rings (SSSR count). The zero-order valence-corrected chi connectivity index (χ0v) is 12.8. The van der Waals surface area contributed by atoms with Crippen LogP contribution >= 0.6 is 0 Å². The Kier molecular flexibility index (Phi) is 6.45. The van der Waals surface area contributed by atoms with Crippen LogP contribution in [0.1, 0.15) is 33.6 Å². The highest BCUT2D eigenvalue weighted by atomic mass is 16.5. The summed E-state index contributed by atoms with van der Waals surface area (Å²) in [6, 6.07) is -1.37. The van der Waals surface area contributed by atoms with Gasteiger partial charge in [0.1, 0.15) is 6.04 Å². The first kappa shape index (κ1) is 17.3. The highest BCUT2D eigenvalue weighted by Crippen LogP contribution is 2.18. The van der Waals surface area contributed by atoms with Gasteiger partial charge < -0.3 is 20.1 Å². The summed E-state index contributed by atoms with van der Waals surface area (Å²) >= 11 is 0. The number of nitrogens with one attached hydrogen (secondary N) is 1. The van der Waals surface area contributed by atoms with E-state index in [1.165, 1.54) is 4.90 Å². The van der Waals surface area contributed by atoms with Crippen molar-refractivity contribution < 1.29 is 24.2 Å². The third-order valence-electron chi connectivity index (χ3n) is 3.54. The average Bonchev–Trinajstić information content (AvgIpc) is 2.44. The van der Waals surface area contributed by atoms with E-state index in [-0.39, 0.29) is 24.3 Å². The van der Waals surface area contributed by atoms with Gasteiger partial charge >= 0.3 is 18.0 Å². The summed E-state index contributed by atoms with van der Waals surface area (Å²) in [5, 5.41) is 11.6. The number of rotatable bonds is 5. The molecule has 0 aromatic carbocycles. The minimum absolute atomic E-state index is 0.211. The Balaban J connectivity index is 2.61. The maximum Gasteiger partial charge on any atom is 0.326 e. The number of carbonyl (C=O) groups excluding carboxylic acids is 2. The SMILES string of the molecule is CCOC(=O)C1CCCN(C(=O)NC(C(=O)O)C(C)C)C1. The van der Waals surface area contributed by atoms with Crippen molar-refractivity contribution in [3.63, 3.8) is 0 Å². The van der Waals surface area contributed by atoms with E-state index in [0.717, 1.165) is 0 Å². The summed E-state index contributed by atoms with van der Waals surface area (Å²) in [7, 11) is 0. The maximum atomic E-state index is 12.1. The molecule has 1 fully saturated rings. The molecule has 0 radical (unpaired) electrons. The smallest absolute Gasteiger partial charge is 0.326 e. The number of piperidine rings is 1. The van der Waals surface area contributed by atoms with Gasteiger partial charge in [0.2, 0.25) is 0 Å². The second-order valence-corrected chi connectivity index (χ2v) is 5.55. The quantitative estimate of drug-likeness (QED) is 0.741. The lowest BCUT2D eigenvalue weighted by atomic mass is 9.98. The van der Waals surface area contributed by atoms with Crippen LogP contribution in [0.15, 0.2) is 0 Å². The van der Waals surface area contributed by atoms with Crippen LogP contribution in [0.2, 0.25) is 0 Å². The predicted molar refractivity (Wildman–Crippen MR) is 75.7 cm³/mol. The number of aliphatic carboxylic acids is 1. The molecule has 2 unspecified atom stereocenters. The molecule has 0 saturated carbocycles. The summed E-state index contributed by atoms with van der Waals surface area (Å²) in [5.74, 6) is -1.89. The van der Waals surface area contributed by atoms with Crippen LogP contribution in [0.3, 0.4) is 0 Å². The van der Waals surface area contributed by atoms with Crippen molar-refractivity contribution in [1.29, 1.82) is 0 Å². The van der Waals surface area contributed by atoms with Gasteiger partial charge in [-0.05, 0) is 25.7 Å². The second kappa shape index (κ2) is 7.85. The summed E-state index contributed by atoms with van der Waals surface area (Å²) in [4.78, 5) is 36.5. The summed E-state index contributed by atoms with van der Waals surface area (Å²) < 4.78 is 4.98. The van der Waals surface area contributed by atoms with Gasteiger partial charge in [-0.25, -0.2) is 9.59 Å². The first-order chi connectivity index (χ1) is 9.86. The molecule has 0 spiro atoms. The molecule has 21 heavy (non-hydrogen) atoms. The Labute approximate surface area is 124 Å². The van der Waals surface area contributed by atoms with Crippen molar-refractivity contribution in [2.75, 3.05) is 19.7 Å². The number of esters is 1. The molecular formula is C14H24N2O5. The lowest BCUT2D eigenvalue weighted by Crippen LogP contribution is -2.53. The molecule has 0 aromatic heterocycles. The van der Waals surface area contributed by atoms with E-state index < -0.39 is 18.0 Å². The first-order valence-electron chi connectivity index (χ1n) is 7.31. The molecule has 0 aromatic rings. The molecule has 1 aliphatic rings. The molecule has 120 valence electrons. The first-order valence-corrected chi connectivity index (χ1v) is 7.31. The van der Waals surface area contributed by atoms with Gasteiger partial charge in [-0.15, -0.1) is 0 Å². The van der Waals surface area contributed by atoms with E-state index in [1.807, 2.05) is 0 Å². The minimum atomic E-state index is -1.06. The lowest BCUT2D eigenvalue weighted by molar-refractivity contribution is -0.149. The van der Waals surface area contributed by atoms with Crippen molar-refractivity contribution in [3.8, 4) is 0 Å². The lowest BCUT2D eigenvalue weighted by Gasteiger charge is -2.32. The van der Waals surface area contributed by atoms with E-state index >= 15 is 0 Å². The number of carboxylic acid groups (broad SMARTS) is 1. The third kappa shape index (κ3) is 4.91. The second-order valence-electron chi connectivity index (χ2n) is 5.55. The third-order valence-corrected chi connectivity index (χ3v) is 3.54. The molecule has 1 saturated heterocycles. The molecule has 0 bridgehead atoms. The van der Waals surface area contributed by atoms with Crippen molar-refractivity contribution in [2.24, 2.45) is 11.8 Å². The number of likely N-dealkylation sites (tertiary alicyclic amines) is 1. The molecule has 7 nitrogen and oxygen atoms in total. The summed E-state index contributed by atoms with van der Waals surface area (Å²) in [6.45, 7) is 6.32. The zero-order valence-electron chi connectivity index (χ0n) is 12.8. The van der Waals surface area contributed by atoms with Gasteiger partial charge in [-0.2, -0.15) is 0 Å². The number of carbonyl (C=O) groups is 3. The van der Waals surface area contributed by atoms with E-state index in [4.69, 9.17) is 9.84 Å². The maximum absolute atomic E-state index is 12.1. The fourth-order valence-corrected chi connectivity index (χ4v) is 2.35. The van der Waals surface area contributed by atoms with Crippen LogP contribution in [0.25, 0.3) is 0 Å². The Bertz CT molecular complexity index is 397. The molecule has 2 N–H and O–H groups in total. The van der Waals surface area contributed by atoms with Gasteiger partial charge in [-0.1, -0.05) is 13.8 Å². The number of nitrogens with zero attached hydrogens (tertiary/aromatic N) is 1. The number of hydrogen-bond donors (Lipinski definition) is 2. The number of urea groups is 1. The zero-order chi connectivity index (χ0) is 16.0. The van der Waals surface area contributed by atoms with Crippen molar-refractivity contribution >= 4 is 18.0 Å². The average molecular weight is 300 g/mol. The standard InChI is InChI=1S/C14H24N2O5/c1-4-21-13(19)10-6-5-7-16(8-10)14(20)15-11(9(2)3)12(17)18/h9-11H,4-8H2,1-3H3,(H,15,20)(H,17,18). The summed E-state index contributed by atoms with van der Waals surface area (Å²) in [5.41, 5.74) is 0. The monoisotopic (exact) mass is 300 g/mol. The van der Waals surface area contributed by atoms with Crippen LogP contribution < -0.4 is 5.32 Å². The molecule has 1 heterocycles. The van der Waals surface area contributed by atoms with Gasteiger partial charge in [0.15, 0.2) is 0 Å². The highest BCUT2D eigenvalue weighted by Gasteiger charge is 2.31. The fraction of sp³-hybridized carbons (Fsp3) is 0.786. The topological polar surface area (TPSA) is 95.9 Å². The fourth-order valence-electron chi connectivity index (χ4n) is 2.35. The summed E-state index contributed by atoms with van der Waals surface area (Å²) in [6.07, 6.45) is 1.39. The molecule has 2 atom stereocenters. The molecule has 2 amide bonds. The van der Waals surface area contributed by atoms with Crippen molar-refractivity contribution in [2.45, 2.75) is 39.7 Å². The Morgan fingerprint density at radius 1 is 1.38 bits per heavy atom.